The molecule has 4 heavy (non-hydrogen) atoms. The third-order valence-electron chi connectivity index (χ3n) is 0. The van der Waals surface area contributed by atoms with Gasteiger partial charge in [0.25, 0.3) is 0 Å². The van der Waals surface area contributed by atoms with Gasteiger partial charge < -0.3 is 0 Å². The first-order valence-corrected chi connectivity index (χ1v) is 0. The average molecular weight is 463 g/mol. The molecule has 0 nitrogen and oxygen atoms in total. The van der Waals surface area contributed by atoms with E-state index in [1.54, 1.807) is 0 Å². The van der Waals surface area contributed by atoms with Crippen molar-refractivity contribution in [3.05, 3.63) is 0 Å². The normalized spacial score (nSPS) is 0. The van der Waals surface area contributed by atoms with Crippen LogP contribution >= 0.6 is 0 Å². The van der Waals surface area contributed by atoms with Gasteiger partial charge in [-0.3, -0.25) is 0 Å². The molecule has 0 fully saturated rings. The topological polar surface area (TPSA) is 0 Å². The van der Waals surface area contributed by atoms with E-state index in [2.05, 4.69) is 0 Å². The van der Waals surface area contributed by atoms with Crippen LogP contribution in [-0.4, -0.2) is 0 Å². The summed E-state index contributed by atoms with van der Waals surface area (Å²) >= 11 is 0. The summed E-state index contributed by atoms with van der Waals surface area (Å²) < 4.78 is 0. The molecule has 0 heterocycles. The van der Waals surface area contributed by atoms with E-state index in [4.69, 9.17) is 0 Å². The second kappa shape index (κ2) is 17.0. The molecule has 0 aliphatic heterocycles. The first kappa shape index (κ1) is 29.1. The molecule has 0 radical (unpaired) electrons. The molecule has 0 bridgehead atoms. The first-order chi connectivity index (χ1) is 0. The Balaban J connectivity index is 0. The molecular weight excluding hydrogens is 463 g/mol. The Kier molecular flexibility index (Phi) is 124. The Bertz CT molecular complexity index is 4.00. The molecule has 0 aromatic heterocycles. The monoisotopic (exact) mass is 464 g/mol. The summed E-state index contributed by atoms with van der Waals surface area (Å²) in [5.74, 6) is 0. The molecule has 0 N–H and O–H groups in total. The predicted octanol–water partition coefficient (Wildman–Crippen LogP) is -0.0100. The van der Waals surface area contributed by atoms with Crippen molar-refractivity contribution in [2.24, 2.45) is 0 Å². The van der Waals surface area contributed by atoms with Crippen molar-refractivity contribution in [2.75, 3.05) is 0 Å². The van der Waals surface area contributed by atoms with Gasteiger partial charge in [0.15, 0.2) is 0 Å². The van der Waals surface area contributed by atoms with Crippen LogP contribution in [0, 0.1) is 0 Å². The van der Waals surface area contributed by atoms with E-state index in [-0.39, 0.29) is 85.6 Å². The Morgan fingerprint density at radius 1 is 0.500 bits per heavy atom. The molecule has 0 aromatic rings. The van der Waals surface area contributed by atoms with Crippen LogP contribution in [0.4, 0.5) is 0 Å². The zero-order valence-electron chi connectivity index (χ0n) is 1.82. The van der Waals surface area contributed by atoms with E-state index >= 15 is 0 Å². The SMILES string of the molecule is [Ti].[Ti].[W].[W]. The molecule has 20 valence electrons. The molecule has 0 unspecified atom stereocenters. The average Bonchev–Trinajstić information content (AvgIpc) is 0. The van der Waals surface area contributed by atoms with Gasteiger partial charge in [-0.15, -0.1) is 0 Å². The first-order valence-electron chi connectivity index (χ1n) is 0. The summed E-state index contributed by atoms with van der Waals surface area (Å²) in [5, 5.41) is 0. The number of rotatable bonds is 0. The van der Waals surface area contributed by atoms with Crippen LogP contribution < -0.4 is 0 Å². The fraction of sp³-hybridized carbons (Fsp3) is 0. The predicted molar refractivity (Wildman–Crippen MR) is 0 cm³/mol. The maximum absolute atomic E-state index is 0. The van der Waals surface area contributed by atoms with E-state index in [1.807, 2.05) is 0 Å². The van der Waals surface area contributed by atoms with Gasteiger partial charge in [0, 0.05) is 85.6 Å². The van der Waals surface area contributed by atoms with E-state index < -0.39 is 0 Å². The number of hydrogen-bond donors (Lipinski definition) is 0. The minimum Gasteiger partial charge on any atom is 0 e. The van der Waals surface area contributed by atoms with Gasteiger partial charge in [-0.2, -0.15) is 0 Å². The fourth-order valence-electron chi connectivity index (χ4n) is 0. The van der Waals surface area contributed by atoms with Crippen LogP contribution in [0.25, 0.3) is 0 Å². The fourth-order valence-corrected chi connectivity index (χ4v) is 0. The summed E-state index contributed by atoms with van der Waals surface area (Å²) in [5.41, 5.74) is 0. The van der Waals surface area contributed by atoms with E-state index in [0.29, 0.717) is 0 Å². The Morgan fingerprint density at radius 2 is 0.500 bits per heavy atom. The van der Waals surface area contributed by atoms with Gasteiger partial charge in [0.2, 0.25) is 0 Å². The van der Waals surface area contributed by atoms with E-state index in [9.17, 15) is 0 Å². The maximum atomic E-state index is 0. The molecule has 0 aliphatic rings. The van der Waals surface area contributed by atoms with Gasteiger partial charge in [-0.25, -0.2) is 0 Å². The van der Waals surface area contributed by atoms with Crippen molar-refractivity contribution in [1.29, 1.82) is 0 Å². The maximum Gasteiger partial charge on any atom is 0 e. The van der Waals surface area contributed by atoms with Gasteiger partial charge >= 0.3 is 0 Å². The molecular formula is Ti2W2. The van der Waals surface area contributed by atoms with Crippen molar-refractivity contribution < 1.29 is 85.6 Å². The van der Waals surface area contributed by atoms with Crippen molar-refractivity contribution in [3.8, 4) is 0 Å². The summed E-state index contributed by atoms with van der Waals surface area (Å²) in [6, 6.07) is 0. The largest absolute Gasteiger partial charge is 0 e. The third kappa shape index (κ3) is 8.84. The van der Waals surface area contributed by atoms with E-state index in [0.717, 1.165) is 0 Å². The molecule has 0 amide bonds. The minimum absolute atomic E-state index is 0. The molecule has 0 rings (SSSR count). The van der Waals surface area contributed by atoms with Crippen LogP contribution in [0.2, 0.25) is 0 Å². The minimum atomic E-state index is 0. The van der Waals surface area contributed by atoms with Crippen LogP contribution in [0.3, 0.4) is 0 Å². The van der Waals surface area contributed by atoms with Gasteiger partial charge in [-0.05, 0) is 0 Å². The van der Waals surface area contributed by atoms with Crippen LogP contribution in [0.15, 0.2) is 0 Å². The molecule has 4 heteroatoms. The summed E-state index contributed by atoms with van der Waals surface area (Å²) in [6.45, 7) is 0. The smallest absolute Gasteiger partial charge is 0 e. The Hall–Kier alpha value is 2.81. The molecule has 0 aromatic carbocycles. The standard InChI is InChI=1S/2Ti.2W. The van der Waals surface area contributed by atoms with Gasteiger partial charge in [-0.1, -0.05) is 0 Å². The van der Waals surface area contributed by atoms with E-state index in [1.165, 1.54) is 0 Å². The van der Waals surface area contributed by atoms with Crippen LogP contribution in [0.5, 0.6) is 0 Å². The van der Waals surface area contributed by atoms with Crippen LogP contribution in [-0.2, 0) is 85.6 Å². The third-order valence-corrected chi connectivity index (χ3v) is 0. The summed E-state index contributed by atoms with van der Waals surface area (Å²) in [7, 11) is 0. The van der Waals surface area contributed by atoms with Gasteiger partial charge in [0.05, 0.1) is 0 Å². The zero-order valence-corrected chi connectivity index (χ0v) is 10.8. The quantitative estimate of drug-likeness (QED) is 0.444. The molecule has 0 aliphatic carbocycles. The van der Waals surface area contributed by atoms with Crippen LogP contribution in [0.1, 0.15) is 0 Å². The number of hydrogen-bond acceptors (Lipinski definition) is 0. The molecule has 0 spiro atoms. The second-order valence-electron chi connectivity index (χ2n) is 0. The summed E-state index contributed by atoms with van der Waals surface area (Å²) in [6.07, 6.45) is 0. The Morgan fingerprint density at radius 3 is 0.500 bits per heavy atom. The Labute approximate surface area is 84.2 Å². The molecule has 0 atom stereocenters. The van der Waals surface area contributed by atoms with Crippen molar-refractivity contribution >= 4 is 0 Å². The zero-order chi connectivity index (χ0) is 0. The molecule has 0 saturated heterocycles. The molecule has 0 saturated carbocycles. The van der Waals surface area contributed by atoms with Gasteiger partial charge in [0.1, 0.15) is 0 Å². The summed E-state index contributed by atoms with van der Waals surface area (Å²) in [4.78, 5) is 0. The van der Waals surface area contributed by atoms with Crippen molar-refractivity contribution in [2.45, 2.75) is 0 Å². The van der Waals surface area contributed by atoms with Crippen molar-refractivity contribution in [3.63, 3.8) is 0 Å². The second-order valence-corrected chi connectivity index (χ2v) is 0. The van der Waals surface area contributed by atoms with Crippen molar-refractivity contribution in [1.82, 2.24) is 0 Å².